The molecule has 1 saturated carbocycles. The Balaban J connectivity index is 2.61. The first-order valence-electron chi connectivity index (χ1n) is 5.54. The number of carbonyl (C=O) groups excluding carboxylic acids is 1. The predicted molar refractivity (Wildman–Crippen MR) is 55.9 cm³/mol. The molecule has 0 aliphatic heterocycles. The van der Waals surface area contributed by atoms with E-state index in [-0.39, 0.29) is 17.9 Å². The summed E-state index contributed by atoms with van der Waals surface area (Å²) >= 11 is 0. The van der Waals surface area contributed by atoms with Gasteiger partial charge in [-0.2, -0.15) is 0 Å². The molecule has 1 fully saturated rings. The molecule has 3 heteroatoms. The van der Waals surface area contributed by atoms with E-state index in [0.717, 1.165) is 12.8 Å². The Morgan fingerprint density at radius 2 is 2.00 bits per heavy atom. The molecule has 1 aliphatic rings. The lowest BCUT2D eigenvalue weighted by atomic mass is 9.87. The van der Waals surface area contributed by atoms with E-state index in [2.05, 4.69) is 6.92 Å². The summed E-state index contributed by atoms with van der Waals surface area (Å²) < 4.78 is 0. The number of hydrogen-bond acceptors (Lipinski definition) is 2. The van der Waals surface area contributed by atoms with Crippen LogP contribution in [-0.2, 0) is 4.79 Å². The van der Waals surface area contributed by atoms with E-state index < -0.39 is 0 Å². The van der Waals surface area contributed by atoms with Gasteiger partial charge in [0.2, 0.25) is 5.91 Å². The van der Waals surface area contributed by atoms with Crippen molar-refractivity contribution in [1.29, 1.82) is 0 Å². The monoisotopic (exact) mass is 199 g/mol. The van der Waals surface area contributed by atoms with Crippen molar-refractivity contribution in [1.82, 2.24) is 4.90 Å². The summed E-state index contributed by atoms with van der Waals surface area (Å²) in [7, 11) is 0. The lowest BCUT2D eigenvalue weighted by Crippen LogP contribution is -2.42. The summed E-state index contributed by atoms with van der Waals surface area (Å²) in [5.74, 6) is 0.228. The second-order valence-electron chi connectivity index (χ2n) is 4.38. The van der Waals surface area contributed by atoms with Crippen LogP contribution in [0.15, 0.2) is 0 Å². The summed E-state index contributed by atoms with van der Waals surface area (Å²) in [4.78, 5) is 13.9. The van der Waals surface area contributed by atoms with Crippen LogP contribution in [0.3, 0.4) is 0 Å². The van der Waals surface area contributed by atoms with Gasteiger partial charge in [-0.15, -0.1) is 0 Å². The minimum Gasteiger partial charge on any atom is -0.395 e. The van der Waals surface area contributed by atoms with Crippen molar-refractivity contribution in [2.45, 2.75) is 39.5 Å². The first kappa shape index (κ1) is 11.5. The highest BCUT2D eigenvalue weighted by molar-refractivity contribution is 5.82. The molecule has 0 spiro atoms. The van der Waals surface area contributed by atoms with Gasteiger partial charge in [0.05, 0.1) is 6.61 Å². The van der Waals surface area contributed by atoms with Gasteiger partial charge in [-0.1, -0.05) is 19.8 Å². The summed E-state index contributed by atoms with van der Waals surface area (Å²) in [5, 5.41) is 8.85. The van der Waals surface area contributed by atoms with Crippen LogP contribution in [0.25, 0.3) is 0 Å². The largest absolute Gasteiger partial charge is 0.395 e. The van der Waals surface area contributed by atoms with Crippen LogP contribution in [0.2, 0.25) is 0 Å². The van der Waals surface area contributed by atoms with E-state index in [1.54, 1.807) is 4.90 Å². The Morgan fingerprint density at radius 1 is 1.43 bits per heavy atom. The van der Waals surface area contributed by atoms with Crippen molar-refractivity contribution in [3.63, 3.8) is 0 Å². The van der Waals surface area contributed by atoms with Gasteiger partial charge in [-0.3, -0.25) is 4.79 Å². The minimum atomic E-state index is -0.148. The van der Waals surface area contributed by atoms with E-state index in [9.17, 15) is 4.79 Å². The van der Waals surface area contributed by atoms with Crippen molar-refractivity contribution in [3.05, 3.63) is 0 Å². The Bertz CT molecular complexity index is 197. The SMILES string of the molecule is CCN(CCO)C(=O)C1(C)CCCC1. The molecule has 14 heavy (non-hydrogen) atoms. The van der Waals surface area contributed by atoms with Crippen LogP contribution >= 0.6 is 0 Å². The summed E-state index contributed by atoms with van der Waals surface area (Å²) in [5.41, 5.74) is -0.148. The average Bonchev–Trinajstić information content (AvgIpc) is 2.62. The van der Waals surface area contributed by atoms with Crippen molar-refractivity contribution >= 4 is 5.91 Å². The molecule has 0 aromatic carbocycles. The van der Waals surface area contributed by atoms with Crippen molar-refractivity contribution in [2.24, 2.45) is 5.41 Å². The second-order valence-corrected chi connectivity index (χ2v) is 4.38. The fraction of sp³-hybridized carbons (Fsp3) is 0.909. The zero-order valence-corrected chi connectivity index (χ0v) is 9.25. The van der Waals surface area contributed by atoms with Gasteiger partial charge in [-0.25, -0.2) is 0 Å². The van der Waals surface area contributed by atoms with Crippen LogP contribution in [0, 0.1) is 5.41 Å². The van der Waals surface area contributed by atoms with Gasteiger partial charge >= 0.3 is 0 Å². The molecule has 1 N–H and O–H groups in total. The van der Waals surface area contributed by atoms with Gasteiger partial charge in [-0.05, 0) is 19.8 Å². The molecule has 3 nitrogen and oxygen atoms in total. The maximum atomic E-state index is 12.1. The van der Waals surface area contributed by atoms with Crippen molar-refractivity contribution < 1.29 is 9.90 Å². The molecule has 0 aromatic heterocycles. The first-order valence-corrected chi connectivity index (χ1v) is 5.54. The Hall–Kier alpha value is -0.570. The molecule has 0 heterocycles. The van der Waals surface area contributed by atoms with Crippen LogP contribution < -0.4 is 0 Å². The van der Waals surface area contributed by atoms with Crippen LogP contribution in [-0.4, -0.2) is 35.6 Å². The molecule has 0 saturated heterocycles. The number of carbonyl (C=O) groups is 1. The molecular formula is C11H21NO2. The van der Waals surface area contributed by atoms with Gasteiger partial charge in [0.15, 0.2) is 0 Å². The molecule has 0 radical (unpaired) electrons. The Kier molecular flexibility index (Phi) is 3.93. The smallest absolute Gasteiger partial charge is 0.228 e. The summed E-state index contributed by atoms with van der Waals surface area (Å²) in [6.45, 7) is 5.27. The van der Waals surface area contributed by atoms with Gasteiger partial charge in [0.25, 0.3) is 0 Å². The van der Waals surface area contributed by atoms with Crippen LogP contribution in [0.5, 0.6) is 0 Å². The molecule has 1 aliphatic carbocycles. The van der Waals surface area contributed by atoms with Crippen molar-refractivity contribution in [2.75, 3.05) is 19.7 Å². The lowest BCUT2D eigenvalue weighted by molar-refractivity contribution is -0.141. The first-order chi connectivity index (χ1) is 6.64. The third-order valence-corrected chi connectivity index (χ3v) is 3.26. The molecule has 0 unspecified atom stereocenters. The molecule has 0 bridgehead atoms. The van der Waals surface area contributed by atoms with Crippen LogP contribution in [0.1, 0.15) is 39.5 Å². The normalized spacial score (nSPS) is 19.6. The molecule has 0 aromatic rings. The maximum Gasteiger partial charge on any atom is 0.228 e. The van der Waals surface area contributed by atoms with E-state index >= 15 is 0 Å². The molecule has 82 valence electrons. The molecule has 0 atom stereocenters. The molecular weight excluding hydrogens is 178 g/mol. The number of rotatable bonds is 4. The molecule has 1 rings (SSSR count). The quantitative estimate of drug-likeness (QED) is 0.743. The zero-order valence-electron chi connectivity index (χ0n) is 9.25. The van der Waals surface area contributed by atoms with Gasteiger partial charge < -0.3 is 10.0 Å². The second kappa shape index (κ2) is 4.78. The van der Waals surface area contributed by atoms with E-state index in [0.29, 0.717) is 13.1 Å². The fourth-order valence-electron chi connectivity index (χ4n) is 2.27. The fourth-order valence-corrected chi connectivity index (χ4v) is 2.27. The zero-order chi connectivity index (χ0) is 10.6. The highest BCUT2D eigenvalue weighted by atomic mass is 16.3. The van der Waals surface area contributed by atoms with Crippen molar-refractivity contribution in [3.8, 4) is 0 Å². The number of likely N-dealkylation sites (N-methyl/N-ethyl adjacent to an activating group) is 1. The third-order valence-electron chi connectivity index (χ3n) is 3.26. The minimum absolute atomic E-state index is 0.0651. The molecule has 1 amide bonds. The van der Waals surface area contributed by atoms with E-state index in [1.807, 2.05) is 6.92 Å². The maximum absolute atomic E-state index is 12.1. The Labute approximate surface area is 86.1 Å². The number of aliphatic hydroxyl groups is 1. The average molecular weight is 199 g/mol. The van der Waals surface area contributed by atoms with Gasteiger partial charge in [0, 0.05) is 18.5 Å². The van der Waals surface area contributed by atoms with Crippen LogP contribution in [0.4, 0.5) is 0 Å². The number of nitrogens with zero attached hydrogens (tertiary/aromatic N) is 1. The standard InChI is InChI=1S/C11H21NO2/c1-3-12(8-9-13)10(14)11(2)6-4-5-7-11/h13H,3-9H2,1-2H3. The van der Waals surface area contributed by atoms with E-state index in [4.69, 9.17) is 5.11 Å². The number of hydrogen-bond donors (Lipinski definition) is 1. The summed E-state index contributed by atoms with van der Waals surface area (Å²) in [6.07, 6.45) is 4.35. The number of aliphatic hydroxyl groups excluding tert-OH is 1. The Morgan fingerprint density at radius 3 is 2.43 bits per heavy atom. The lowest BCUT2D eigenvalue weighted by Gasteiger charge is -2.30. The summed E-state index contributed by atoms with van der Waals surface area (Å²) in [6, 6.07) is 0. The van der Waals surface area contributed by atoms with Gasteiger partial charge in [0.1, 0.15) is 0 Å². The van der Waals surface area contributed by atoms with E-state index in [1.165, 1.54) is 12.8 Å². The number of amides is 1. The highest BCUT2D eigenvalue weighted by Gasteiger charge is 2.38. The highest BCUT2D eigenvalue weighted by Crippen LogP contribution is 2.38. The third kappa shape index (κ3) is 2.27. The topological polar surface area (TPSA) is 40.5 Å². The predicted octanol–water partition coefficient (Wildman–Crippen LogP) is 1.41.